The van der Waals surface area contributed by atoms with E-state index in [1.807, 2.05) is 13.8 Å². The van der Waals surface area contributed by atoms with E-state index in [1.165, 1.54) is 0 Å². The van der Waals surface area contributed by atoms with E-state index < -0.39 is 19.6 Å². The van der Waals surface area contributed by atoms with Crippen LogP contribution in [0.1, 0.15) is 13.8 Å². The Bertz CT molecular complexity index is 256. The molecule has 0 saturated carbocycles. The monoisotopic (exact) mass is 348 g/mol. The summed E-state index contributed by atoms with van der Waals surface area (Å²) in [5, 5.41) is 0. The molecule has 18 heavy (non-hydrogen) atoms. The summed E-state index contributed by atoms with van der Waals surface area (Å²) < 4.78 is 16.3. The van der Waals surface area contributed by atoms with Crippen molar-refractivity contribution in [1.82, 2.24) is 0 Å². The van der Waals surface area contributed by atoms with E-state index in [4.69, 9.17) is 22.1 Å². The quantitative estimate of drug-likeness (QED) is 0.357. The van der Waals surface area contributed by atoms with Gasteiger partial charge in [-0.25, -0.2) is 7.77 Å². The molecule has 5 unspecified atom stereocenters. The molecule has 0 spiro atoms. The second kappa shape index (κ2) is 8.46. The Morgan fingerprint density at radius 1 is 1.33 bits per heavy atom. The van der Waals surface area contributed by atoms with Crippen LogP contribution in [-0.2, 0) is 46.9 Å². The summed E-state index contributed by atoms with van der Waals surface area (Å²) in [6.45, 7) is 9.12. The molecule has 2 saturated heterocycles. The minimum Gasteiger partial charge on any atom is -0.832 e. The van der Waals surface area contributed by atoms with Gasteiger partial charge in [0.05, 0.1) is 6.10 Å². The van der Waals surface area contributed by atoms with Gasteiger partial charge in [-0.05, 0) is 20.0 Å². The zero-order valence-corrected chi connectivity index (χ0v) is 15.3. The molecule has 4 nitrogen and oxygen atoms in total. The molecule has 2 aliphatic heterocycles. The number of rotatable bonds is 0. The number of ether oxygens (including phenoxy) is 3. The van der Waals surface area contributed by atoms with Crippen LogP contribution in [0.15, 0.2) is 0 Å². The first-order chi connectivity index (χ1) is 7.23. The van der Waals surface area contributed by atoms with E-state index in [0.29, 0.717) is 0 Å². The van der Waals surface area contributed by atoms with Gasteiger partial charge in [-0.2, -0.15) is 0 Å². The molecular formula is C11H21BO4PY-. The van der Waals surface area contributed by atoms with E-state index >= 15 is 0 Å². The maximum Gasteiger partial charge on any atom is 0.163 e. The summed E-state index contributed by atoms with van der Waals surface area (Å²) in [5.41, 5.74) is 0. The Hall–Kier alpha value is 1.18. The Morgan fingerprint density at radius 2 is 1.72 bits per heavy atom. The third-order valence-corrected chi connectivity index (χ3v) is 2.19. The molecule has 0 aromatic carbocycles. The molecule has 7 heteroatoms. The average Bonchev–Trinajstić information content (AvgIpc) is 2.50. The Balaban J connectivity index is 0. The molecule has 0 aromatic heterocycles. The molecule has 2 rings (SSSR count). The van der Waals surface area contributed by atoms with Crippen LogP contribution in [0, 0.1) is 14.4 Å². The van der Waals surface area contributed by atoms with Crippen LogP contribution in [0.5, 0.6) is 0 Å². The van der Waals surface area contributed by atoms with Gasteiger partial charge in [-0.3, -0.25) is 0 Å². The van der Waals surface area contributed by atoms with Crippen molar-refractivity contribution in [1.29, 1.82) is 0 Å². The molecular weight excluding hydrogens is 327 g/mol. The molecule has 0 amide bonds. The van der Waals surface area contributed by atoms with E-state index in [-0.39, 0.29) is 58.4 Å². The van der Waals surface area contributed by atoms with Crippen molar-refractivity contribution in [3.63, 3.8) is 0 Å². The maximum absolute atomic E-state index is 9.52. The predicted octanol–water partition coefficient (Wildman–Crippen LogP) is 0.219. The number of hydrogen-bond acceptors (Lipinski definition) is 4. The minimum atomic E-state index is -1.38. The molecule has 0 aromatic rings. The van der Waals surface area contributed by atoms with E-state index in [0.717, 1.165) is 0 Å². The molecule has 0 N–H and O–H groups in total. The second-order valence-corrected chi connectivity index (χ2v) is 5.81. The van der Waals surface area contributed by atoms with Crippen LogP contribution in [0.25, 0.3) is 0 Å². The van der Waals surface area contributed by atoms with Crippen LogP contribution < -0.4 is 4.89 Å². The SMILES string of the molecule is C=[PH](C)[O-].[B]C1OC([CH2-])C2OC(C)(C)OC12.[CH3+].[Y]. The first kappa shape index (κ1) is 21.5. The van der Waals surface area contributed by atoms with Gasteiger partial charge in [0.25, 0.3) is 0 Å². The van der Waals surface area contributed by atoms with Crippen LogP contribution in [0.2, 0.25) is 0 Å². The predicted molar refractivity (Wildman–Crippen MR) is 71.4 cm³/mol. The van der Waals surface area contributed by atoms with Crippen LogP contribution in [0.4, 0.5) is 0 Å². The third kappa shape index (κ3) is 6.09. The molecule has 2 heterocycles. The van der Waals surface area contributed by atoms with E-state index in [9.17, 15) is 4.89 Å². The summed E-state index contributed by atoms with van der Waals surface area (Å²) in [5.74, 6) is -0.549. The van der Waals surface area contributed by atoms with Crippen molar-refractivity contribution in [3.05, 3.63) is 14.4 Å². The van der Waals surface area contributed by atoms with Gasteiger partial charge in [0.15, 0.2) is 5.79 Å². The minimum absolute atomic E-state index is 0. The van der Waals surface area contributed by atoms with Gasteiger partial charge in [-0.1, -0.05) is 6.66 Å². The first-order valence-electron chi connectivity index (χ1n) is 5.15. The topological polar surface area (TPSA) is 50.8 Å². The van der Waals surface area contributed by atoms with Crippen molar-refractivity contribution in [2.24, 2.45) is 0 Å². The van der Waals surface area contributed by atoms with E-state index in [1.54, 1.807) is 6.66 Å². The summed E-state index contributed by atoms with van der Waals surface area (Å²) in [4.78, 5) is 9.52. The zero-order valence-electron chi connectivity index (χ0n) is 11.5. The van der Waals surface area contributed by atoms with Crippen molar-refractivity contribution in [3.8, 4) is 0 Å². The fourth-order valence-electron chi connectivity index (χ4n) is 1.72. The fraction of sp³-hybridized carbons (Fsp3) is 0.727. The molecule has 2 fully saturated rings. The fourth-order valence-corrected chi connectivity index (χ4v) is 1.72. The average molecular weight is 348 g/mol. The zero-order chi connectivity index (χ0) is 12.5. The molecule has 3 radical (unpaired) electrons. The van der Waals surface area contributed by atoms with Gasteiger partial charge >= 0.3 is 0 Å². The molecule has 5 atom stereocenters. The Kier molecular flexibility index (Phi) is 10.1. The summed E-state index contributed by atoms with van der Waals surface area (Å²) in [6.07, 6.45) is 2.69. The standard InChI is InChI=1S/C8H12BO3.C2H6OP.CH3.Y/c1-4-5-6(7(9)10-4)12-8(2,3)11-5;1-4(2)3;;/h4-7H,1H2,2-3H3;4H,1H2,2H3;1H3;/q2*-1;+1;. The molecule has 2 aliphatic rings. The van der Waals surface area contributed by atoms with Gasteiger partial charge in [0.1, 0.15) is 14.0 Å². The van der Waals surface area contributed by atoms with Crippen molar-refractivity contribution in [2.75, 3.05) is 6.66 Å². The number of fused-ring (bicyclic) bond motifs is 1. The molecule has 0 bridgehead atoms. The van der Waals surface area contributed by atoms with Crippen LogP contribution >= 0.6 is 7.77 Å². The van der Waals surface area contributed by atoms with Crippen molar-refractivity contribution in [2.45, 2.75) is 43.9 Å². The van der Waals surface area contributed by atoms with Gasteiger partial charge in [0, 0.05) is 46.1 Å². The second-order valence-electron chi connectivity index (χ2n) is 4.41. The van der Waals surface area contributed by atoms with Gasteiger partial charge < -0.3 is 26.0 Å². The van der Waals surface area contributed by atoms with Gasteiger partial charge in [0.2, 0.25) is 0 Å². The summed E-state index contributed by atoms with van der Waals surface area (Å²) in [6, 6.07) is -0.403. The van der Waals surface area contributed by atoms with Gasteiger partial charge in [-0.15, -0.1) is 6.30 Å². The van der Waals surface area contributed by atoms with Crippen molar-refractivity contribution >= 4 is 21.9 Å². The first-order valence-corrected chi connectivity index (χ1v) is 7.27. The third-order valence-electron chi connectivity index (χ3n) is 2.19. The van der Waals surface area contributed by atoms with Crippen LogP contribution in [-0.4, -0.2) is 50.9 Å². The van der Waals surface area contributed by atoms with Crippen LogP contribution in [0.3, 0.4) is 0 Å². The Labute approximate surface area is 138 Å². The molecule has 101 valence electrons. The van der Waals surface area contributed by atoms with E-state index in [2.05, 4.69) is 13.2 Å². The van der Waals surface area contributed by atoms with Crippen molar-refractivity contribution < 1.29 is 51.8 Å². The maximum atomic E-state index is 9.52. The summed E-state index contributed by atoms with van der Waals surface area (Å²) in [7, 11) is 4.28. The summed E-state index contributed by atoms with van der Waals surface area (Å²) >= 11 is 0. The largest absolute Gasteiger partial charge is 0.832 e. The normalized spacial score (nSPS) is 37.4. The smallest absolute Gasteiger partial charge is 0.163 e. The number of hydrogen-bond donors (Lipinski definition) is 0. The Morgan fingerprint density at radius 3 is 2.11 bits per heavy atom. The molecule has 0 aliphatic carbocycles.